The van der Waals surface area contributed by atoms with Gasteiger partial charge in [-0.05, 0) is 41.5 Å². The molecule has 142 valence electrons. The van der Waals surface area contributed by atoms with Gasteiger partial charge in [-0.1, -0.05) is 23.7 Å². The van der Waals surface area contributed by atoms with E-state index < -0.39 is 11.9 Å². The number of esters is 2. The maximum absolute atomic E-state index is 11.9. The summed E-state index contributed by atoms with van der Waals surface area (Å²) in [6.45, 7) is 0.0807. The summed E-state index contributed by atoms with van der Waals surface area (Å²) in [6.07, 6.45) is 2.86. The van der Waals surface area contributed by atoms with Crippen LogP contribution in [0.3, 0.4) is 0 Å². The Hall–Kier alpha value is -2.99. The van der Waals surface area contributed by atoms with E-state index in [1.165, 1.54) is 27.4 Å². The van der Waals surface area contributed by atoms with Crippen LogP contribution in [0, 0.1) is 0 Å². The molecule has 0 aromatic heterocycles. The minimum Gasteiger partial charge on any atom is -0.493 e. The van der Waals surface area contributed by atoms with Crippen LogP contribution >= 0.6 is 11.6 Å². The van der Waals surface area contributed by atoms with E-state index in [1.54, 1.807) is 42.5 Å². The summed E-state index contributed by atoms with van der Waals surface area (Å²) in [5.74, 6) is -0.0500. The highest BCUT2D eigenvalue weighted by atomic mass is 35.5. The molecule has 0 bridgehead atoms. The summed E-state index contributed by atoms with van der Waals surface area (Å²) >= 11 is 6.13. The number of carbonyl (C=O) groups is 2. The van der Waals surface area contributed by atoms with Gasteiger partial charge in [-0.25, -0.2) is 9.59 Å². The van der Waals surface area contributed by atoms with Crippen molar-refractivity contribution in [1.29, 1.82) is 0 Å². The Balaban J connectivity index is 1.97. The summed E-state index contributed by atoms with van der Waals surface area (Å²) in [4.78, 5) is 23.3. The van der Waals surface area contributed by atoms with Crippen LogP contribution in [0.4, 0.5) is 0 Å². The highest BCUT2D eigenvalue weighted by Crippen LogP contribution is 2.36. The average molecular weight is 391 g/mol. The van der Waals surface area contributed by atoms with Crippen LogP contribution in [0.2, 0.25) is 5.02 Å². The van der Waals surface area contributed by atoms with Crippen molar-refractivity contribution in [3.8, 4) is 11.5 Å². The molecule has 27 heavy (non-hydrogen) atoms. The molecular formula is C20H19ClO6. The van der Waals surface area contributed by atoms with Crippen LogP contribution < -0.4 is 9.47 Å². The summed E-state index contributed by atoms with van der Waals surface area (Å²) in [5.41, 5.74) is 1.84. The summed E-state index contributed by atoms with van der Waals surface area (Å²) < 4.78 is 20.2. The lowest BCUT2D eigenvalue weighted by atomic mass is 10.1. The van der Waals surface area contributed by atoms with Crippen LogP contribution in [0.5, 0.6) is 11.5 Å². The van der Waals surface area contributed by atoms with Crippen LogP contribution in [0.1, 0.15) is 21.5 Å². The van der Waals surface area contributed by atoms with Crippen molar-refractivity contribution in [2.45, 2.75) is 6.61 Å². The van der Waals surface area contributed by atoms with Gasteiger partial charge in [0, 0.05) is 6.08 Å². The minimum absolute atomic E-state index is 0.0807. The molecule has 0 atom stereocenters. The van der Waals surface area contributed by atoms with Crippen molar-refractivity contribution < 1.29 is 28.5 Å². The summed E-state index contributed by atoms with van der Waals surface area (Å²) in [6, 6.07) is 9.94. The predicted molar refractivity (Wildman–Crippen MR) is 101 cm³/mol. The van der Waals surface area contributed by atoms with E-state index in [0.29, 0.717) is 27.6 Å². The fourth-order valence-electron chi connectivity index (χ4n) is 2.26. The fourth-order valence-corrected chi connectivity index (χ4v) is 2.55. The number of rotatable bonds is 7. The second kappa shape index (κ2) is 9.64. The van der Waals surface area contributed by atoms with Crippen molar-refractivity contribution in [3.63, 3.8) is 0 Å². The van der Waals surface area contributed by atoms with Gasteiger partial charge in [0.2, 0.25) is 0 Å². The molecule has 0 unspecified atom stereocenters. The van der Waals surface area contributed by atoms with Crippen LogP contribution in [0.15, 0.2) is 42.5 Å². The lowest BCUT2D eigenvalue weighted by Gasteiger charge is -2.10. The average Bonchev–Trinajstić information content (AvgIpc) is 2.69. The zero-order chi connectivity index (χ0) is 19.8. The Kier molecular flexibility index (Phi) is 7.25. The first-order chi connectivity index (χ1) is 13.0. The summed E-state index contributed by atoms with van der Waals surface area (Å²) in [7, 11) is 4.31. The largest absolute Gasteiger partial charge is 0.493 e. The monoisotopic (exact) mass is 390 g/mol. The van der Waals surface area contributed by atoms with Crippen LogP contribution in [-0.4, -0.2) is 33.3 Å². The van der Waals surface area contributed by atoms with Crippen molar-refractivity contribution in [3.05, 3.63) is 64.2 Å². The maximum atomic E-state index is 11.9. The molecule has 0 radical (unpaired) electrons. The molecule has 0 saturated heterocycles. The predicted octanol–water partition coefficient (Wildman–Crippen LogP) is 3.90. The summed E-state index contributed by atoms with van der Waals surface area (Å²) in [5, 5.41) is 0.371. The number of carbonyl (C=O) groups excluding carboxylic acids is 2. The van der Waals surface area contributed by atoms with Crippen LogP contribution in [-0.2, 0) is 20.9 Å². The van der Waals surface area contributed by atoms with Gasteiger partial charge in [-0.2, -0.15) is 0 Å². The molecule has 0 heterocycles. The number of ether oxygens (including phenoxy) is 4. The standard InChI is InChI=1S/C20H19ClO6/c1-24-17-11-14(10-16(21)19(17)25-2)6-9-18(22)27-12-13-4-7-15(8-5-13)20(23)26-3/h4-11H,12H2,1-3H3. The van der Waals surface area contributed by atoms with Gasteiger partial charge >= 0.3 is 11.9 Å². The maximum Gasteiger partial charge on any atom is 0.337 e. The number of methoxy groups -OCH3 is 3. The molecule has 0 N–H and O–H groups in total. The number of hydrogen-bond acceptors (Lipinski definition) is 6. The second-order valence-electron chi connectivity index (χ2n) is 5.37. The van der Waals surface area contributed by atoms with Crippen molar-refractivity contribution in [2.24, 2.45) is 0 Å². The van der Waals surface area contributed by atoms with E-state index in [1.807, 2.05) is 0 Å². The highest BCUT2D eigenvalue weighted by Gasteiger charge is 2.10. The minimum atomic E-state index is -0.516. The molecule has 7 heteroatoms. The topological polar surface area (TPSA) is 71.1 Å². The molecular weight excluding hydrogens is 372 g/mol. The van der Waals surface area contributed by atoms with Crippen LogP contribution in [0.25, 0.3) is 6.08 Å². The van der Waals surface area contributed by atoms with E-state index in [2.05, 4.69) is 4.74 Å². The van der Waals surface area contributed by atoms with Gasteiger partial charge in [0.25, 0.3) is 0 Å². The molecule has 0 spiro atoms. The quantitative estimate of drug-likeness (QED) is 0.527. The molecule has 0 saturated carbocycles. The van der Waals surface area contributed by atoms with E-state index in [9.17, 15) is 9.59 Å². The normalized spacial score (nSPS) is 10.5. The Morgan fingerprint density at radius 2 is 1.74 bits per heavy atom. The van der Waals surface area contributed by atoms with E-state index in [-0.39, 0.29) is 6.61 Å². The Morgan fingerprint density at radius 1 is 1.04 bits per heavy atom. The van der Waals surface area contributed by atoms with Gasteiger partial charge in [-0.15, -0.1) is 0 Å². The molecule has 6 nitrogen and oxygen atoms in total. The number of halogens is 1. The third-order valence-corrected chi connectivity index (χ3v) is 3.90. The van der Waals surface area contributed by atoms with Gasteiger partial charge < -0.3 is 18.9 Å². The van der Waals surface area contributed by atoms with Gasteiger partial charge in [0.1, 0.15) is 6.61 Å². The van der Waals surface area contributed by atoms with Crippen molar-refractivity contribution in [1.82, 2.24) is 0 Å². The second-order valence-corrected chi connectivity index (χ2v) is 5.77. The first-order valence-electron chi connectivity index (χ1n) is 7.92. The van der Waals surface area contributed by atoms with Crippen molar-refractivity contribution >= 4 is 29.6 Å². The van der Waals surface area contributed by atoms with Gasteiger partial charge in [-0.3, -0.25) is 0 Å². The SMILES string of the molecule is COC(=O)c1ccc(COC(=O)C=Cc2cc(Cl)c(OC)c(OC)c2)cc1. The lowest BCUT2D eigenvalue weighted by molar-refractivity contribution is -0.138. The van der Waals surface area contributed by atoms with E-state index in [0.717, 1.165) is 5.56 Å². The third kappa shape index (κ3) is 5.49. The zero-order valence-corrected chi connectivity index (χ0v) is 15.9. The van der Waals surface area contributed by atoms with Gasteiger partial charge in [0.15, 0.2) is 11.5 Å². The Morgan fingerprint density at radius 3 is 2.33 bits per heavy atom. The molecule has 0 amide bonds. The molecule has 0 aliphatic carbocycles. The molecule has 2 aromatic rings. The molecule has 0 fully saturated rings. The highest BCUT2D eigenvalue weighted by molar-refractivity contribution is 6.32. The third-order valence-electron chi connectivity index (χ3n) is 3.62. The Labute approximate surface area is 162 Å². The molecule has 2 rings (SSSR count). The first kappa shape index (κ1) is 20.3. The van der Waals surface area contributed by atoms with E-state index >= 15 is 0 Å². The molecule has 0 aliphatic rings. The smallest absolute Gasteiger partial charge is 0.337 e. The molecule has 2 aromatic carbocycles. The number of hydrogen-bond donors (Lipinski definition) is 0. The molecule has 0 aliphatic heterocycles. The Bertz CT molecular complexity index is 842. The fraction of sp³-hybridized carbons (Fsp3) is 0.200. The van der Waals surface area contributed by atoms with Crippen molar-refractivity contribution in [2.75, 3.05) is 21.3 Å². The first-order valence-corrected chi connectivity index (χ1v) is 8.30. The van der Waals surface area contributed by atoms with Gasteiger partial charge in [0.05, 0.1) is 31.9 Å². The number of benzene rings is 2. The zero-order valence-electron chi connectivity index (χ0n) is 15.2. The van der Waals surface area contributed by atoms with E-state index in [4.69, 9.17) is 25.8 Å². The lowest BCUT2D eigenvalue weighted by Crippen LogP contribution is -2.03.